The number of unbranched alkanes of at least 4 members (excludes halogenated alkanes) is 42. The van der Waals surface area contributed by atoms with Gasteiger partial charge in [0.15, 0.2) is 11.5 Å². The molecule has 1 aromatic carbocycles. The van der Waals surface area contributed by atoms with Gasteiger partial charge in [-0.15, -0.1) is 0 Å². The van der Waals surface area contributed by atoms with Crippen LogP contribution in [0.2, 0.25) is 0 Å². The molecule has 0 saturated heterocycles. The average molecular weight is 1060 g/mol. The minimum atomic E-state index is -0.671. The van der Waals surface area contributed by atoms with Crippen LogP contribution < -0.4 is 14.2 Å². The number of benzene rings is 1. The van der Waals surface area contributed by atoms with Crippen LogP contribution in [0.25, 0.3) is 0 Å². The predicted molar refractivity (Wildman–Crippen MR) is 314 cm³/mol. The predicted octanol–water partition coefficient (Wildman–Crippen LogP) is 19.6. The molecule has 0 fully saturated rings. The van der Waals surface area contributed by atoms with Crippen molar-refractivity contribution >= 4 is 17.9 Å². The number of hydrogen-bond donors (Lipinski definition) is 3. The van der Waals surface area contributed by atoms with Gasteiger partial charge in [0.2, 0.25) is 5.75 Å². The lowest BCUT2D eigenvalue weighted by molar-refractivity contribution is -0.138. The Balaban J connectivity index is 2.57. The zero-order chi connectivity index (χ0) is 54.3. The Morgan fingerprint density at radius 3 is 0.733 bits per heavy atom. The second kappa shape index (κ2) is 54.3. The number of carbonyl (C=O) groups is 3. The van der Waals surface area contributed by atoms with Crippen LogP contribution in [0.3, 0.4) is 0 Å². The standard InChI is InChI=1S/C65H119NO9/c1-3-66(4-2)58-59-56-60(73-53-47-41-35-29-23-17-11-5-8-14-20-26-32-38-44-50-62(67)68)65(75-55-49-43-37-31-25-19-13-7-10-16-22-28-34-40-46-52-64(71)72)61(57-59)74-54-48-42-36-30-24-18-12-6-9-15-21-27-33-39-45-51-63(69)70/h56-57H,3-55,58H2,1-2H3,(H,67,68)(H,69,70)(H,71,72). The SMILES string of the molecule is CCN(CC)Cc1cc(OCCCCCCCCCCCCCCCCCC(=O)O)c(OCCCCCCCCCCCCCCCCCC(=O)O)c(OCCCCCCCCCCCCCCCCCC(=O)O)c1. The van der Waals surface area contributed by atoms with Gasteiger partial charge in [0.1, 0.15) is 0 Å². The summed E-state index contributed by atoms with van der Waals surface area (Å²) in [6, 6.07) is 4.45. The average Bonchev–Trinajstić information content (AvgIpc) is 3.39. The van der Waals surface area contributed by atoms with Crippen molar-refractivity contribution in [3.05, 3.63) is 17.7 Å². The summed E-state index contributed by atoms with van der Waals surface area (Å²) in [4.78, 5) is 34.4. The third kappa shape index (κ3) is 47.9. The second-order valence-corrected chi connectivity index (χ2v) is 22.3. The molecule has 0 radical (unpaired) electrons. The number of ether oxygens (including phenoxy) is 3. The van der Waals surface area contributed by atoms with E-state index in [0.29, 0.717) is 39.1 Å². The number of hydrogen-bond acceptors (Lipinski definition) is 7. The second-order valence-electron chi connectivity index (χ2n) is 22.3. The Kier molecular flexibility index (Phi) is 50.7. The van der Waals surface area contributed by atoms with Crippen molar-refractivity contribution in [1.29, 1.82) is 0 Å². The van der Waals surface area contributed by atoms with Crippen molar-refractivity contribution in [2.75, 3.05) is 32.9 Å². The quantitative estimate of drug-likeness (QED) is 0.0540. The molecule has 0 aliphatic heterocycles. The first-order valence-electron chi connectivity index (χ1n) is 32.2. The highest BCUT2D eigenvalue weighted by Gasteiger charge is 2.17. The molecule has 0 amide bonds. The molecule has 1 rings (SSSR count). The summed E-state index contributed by atoms with van der Waals surface area (Å²) < 4.78 is 20.0. The molecule has 0 bridgehead atoms. The molecular formula is C65H119NO9. The molecule has 0 spiro atoms. The van der Waals surface area contributed by atoms with E-state index in [-0.39, 0.29) is 0 Å². The van der Waals surface area contributed by atoms with Crippen LogP contribution in [-0.2, 0) is 20.9 Å². The van der Waals surface area contributed by atoms with Gasteiger partial charge >= 0.3 is 17.9 Å². The molecule has 0 aliphatic carbocycles. The van der Waals surface area contributed by atoms with Crippen LogP contribution in [0.1, 0.15) is 328 Å². The van der Waals surface area contributed by atoms with Crippen LogP contribution in [0.15, 0.2) is 12.1 Å². The molecule has 10 nitrogen and oxygen atoms in total. The smallest absolute Gasteiger partial charge is 0.303 e. The van der Waals surface area contributed by atoms with E-state index in [1.807, 2.05) is 0 Å². The highest BCUT2D eigenvalue weighted by Crippen LogP contribution is 2.40. The molecule has 1 aromatic rings. The number of carboxylic acids is 3. The fourth-order valence-corrected chi connectivity index (χ4v) is 10.4. The molecule has 0 aromatic heterocycles. The topological polar surface area (TPSA) is 143 Å². The van der Waals surface area contributed by atoms with Gasteiger partial charge in [0.25, 0.3) is 0 Å². The van der Waals surface area contributed by atoms with Crippen molar-refractivity contribution in [2.45, 2.75) is 329 Å². The maximum Gasteiger partial charge on any atom is 0.303 e. The van der Waals surface area contributed by atoms with Crippen molar-refractivity contribution in [3.8, 4) is 17.2 Å². The summed E-state index contributed by atoms with van der Waals surface area (Å²) in [5.41, 5.74) is 1.22. The van der Waals surface area contributed by atoms with E-state index in [1.165, 1.54) is 237 Å². The van der Waals surface area contributed by atoms with Gasteiger partial charge in [-0.2, -0.15) is 0 Å². The van der Waals surface area contributed by atoms with Gasteiger partial charge in [0, 0.05) is 25.8 Å². The summed E-state index contributed by atoms with van der Waals surface area (Å²) in [6.45, 7) is 9.38. The maximum atomic E-state index is 10.7. The zero-order valence-corrected chi connectivity index (χ0v) is 49.1. The first-order chi connectivity index (χ1) is 36.8. The Hall–Kier alpha value is -3.01. The van der Waals surface area contributed by atoms with Crippen LogP contribution in [0, 0.1) is 0 Å². The van der Waals surface area contributed by atoms with E-state index in [4.69, 9.17) is 29.5 Å². The fraction of sp³-hybridized carbons (Fsp3) is 0.862. The largest absolute Gasteiger partial charge is 0.490 e. The molecule has 0 atom stereocenters. The molecule has 0 saturated carbocycles. The molecule has 0 unspecified atom stereocenters. The van der Waals surface area contributed by atoms with E-state index in [1.54, 1.807) is 0 Å². The third-order valence-corrected chi connectivity index (χ3v) is 15.2. The Labute approximate surface area is 461 Å². The maximum absolute atomic E-state index is 10.7. The lowest BCUT2D eigenvalue weighted by atomic mass is 10.0. The minimum absolute atomic E-state index is 0.313. The van der Waals surface area contributed by atoms with E-state index in [0.717, 1.165) is 94.7 Å². The van der Waals surface area contributed by atoms with E-state index < -0.39 is 17.9 Å². The van der Waals surface area contributed by atoms with Crippen LogP contribution >= 0.6 is 0 Å². The zero-order valence-electron chi connectivity index (χ0n) is 49.1. The molecule has 3 N–H and O–H groups in total. The lowest BCUT2D eigenvalue weighted by Gasteiger charge is -2.22. The van der Waals surface area contributed by atoms with Crippen molar-refractivity contribution in [1.82, 2.24) is 4.90 Å². The molecule has 438 valence electrons. The molecule has 75 heavy (non-hydrogen) atoms. The lowest BCUT2D eigenvalue weighted by Crippen LogP contribution is -2.22. The normalized spacial score (nSPS) is 11.5. The van der Waals surface area contributed by atoms with Gasteiger partial charge in [-0.05, 0) is 69.3 Å². The van der Waals surface area contributed by atoms with Gasteiger partial charge in [-0.3, -0.25) is 19.3 Å². The highest BCUT2D eigenvalue weighted by atomic mass is 16.5. The number of rotatable bonds is 61. The monoisotopic (exact) mass is 1060 g/mol. The number of carboxylic acid groups (broad SMARTS) is 3. The number of aliphatic carboxylic acids is 3. The van der Waals surface area contributed by atoms with Crippen LogP contribution in [-0.4, -0.2) is 71.0 Å². The van der Waals surface area contributed by atoms with E-state index >= 15 is 0 Å². The van der Waals surface area contributed by atoms with Gasteiger partial charge in [-0.25, -0.2) is 0 Å². The Morgan fingerprint density at radius 1 is 0.320 bits per heavy atom. The van der Waals surface area contributed by atoms with Crippen LogP contribution in [0.5, 0.6) is 17.2 Å². The van der Waals surface area contributed by atoms with Gasteiger partial charge < -0.3 is 29.5 Å². The minimum Gasteiger partial charge on any atom is -0.490 e. The summed E-state index contributed by atoms with van der Waals surface area (Å²) in [5.74, 6) is 0.469. The van der Waals surface area contributed by atoms with Gasteiger partial charge in [-0.1, -0.05) is 264 Å². The van der Waals surface area contributed by atoms with Crippen LogP contribution in [0.4, 0.5) is 0 Å². The van der Waals surface area contributed by atoms with Crippen molar-refractivity contribution in [2.24, 2.45) is 0 Å². The van der Waals surface area contributed by atoms with E-state index in [9.17, 15) is 14.4 Å². The van der Waals surface area contributed by atoms with Gasteiger partial charge in [0.05, 0.1) is 19.8 Å². The molecule has 10 heteroatoms. The first-order valence-corrected chi connectivity index (χ1v) is 32.2. The number of nitrogens with zero attached hydrogens (tertiary/aromatic N) is 1. The van der Waals surface area contributed by atoms with Crippen molar-refractivity contribution < 1.29 is 43.9 Å². The molecular weight excluding hydrogens is 939 g/mol. The molecule has 0 heterocycles. The first kappa shape index (κ1) is 70.0. The third-order valence-electron chi connectivity index (χ3n) is 15.2. The molecule has 0 aliphatic rings. The summed E-state index contributed by atoms with van der Waals surface area (Å²) >= 11 is 0. The summed E-state index contributed by atoms with van der Waals surface area (Å²) in [6.07, 6.45) is 55.9. The Morgan fingerprint density at radius 2 is 0.520 bits per heavy atom. The Bertz CT molecular complexity index is 1360. The van der Waals surface area contributed by atoms with E-state index in [2.05, 4.69) is 30.9 Å². The summed E-state index contributed by atoms with van der Waals surface area (Å²) in [5, 5.41) is 26.3. The highest BCUT2D eigenvalue weighted by molar-refractivity contribution is 5.67. The van der Waals surface area contributed by atoms with Crippen molar-refractivity contribution in [3.63, 3.8) is 0 Å². The summed E-state index contributed by atoms with van der Waals surface area (Å²) in [7, 11) is 0. The fourth-order valence-electron chi connectivity index (χ4n) is 10.4.